The number of nitrogen functional groups attached to an aromatic ring is 1. The Labute approximate surface area is 105 Å². The molecule has 0 aliphatic rings. The summed E-state index contributed by atoms with van der Waals surface area (Å²) in [6, 6.07) is 5.41. The Kier molecular flexibility index (Phi) is 3.53. The highest BCUT2D eigenvalue weighted by Gasteiger charge is 2.17. The summed E-state index contributed by atoms with van der Waals surface area (Å²) in [6.07, 6.45) is 1.69. The van der Waals surface area contributed by atoms with Gasteiger partial charge in [0.15, 0.2) is 0 Å². The van der Waals surface area contributed by atoms with Gasteiger partial charge in [0.05, 0.1) is 12.2 Å². The van der Waals surface area contributed by atoms with Gasteiger partial charge in [-0.25, -0.2) is 0 Å². The second-order valence-electron chi connectivity index (χ2n) is 4.12. The van der Waals surface area contributed by atoms with Crippen molar-refractivity contribution in [2.45, 2.75) is 6.92 Å². The summed E-state index contributed by atoms with van der Waals surface area (Å²) in [6.45, 7) is 2.77. The molecule has 96 valence electrons. The van der Waals surface area contributed by atoms with Gasteiger partial charge in [-0.15, -0.1) is 0 Å². The van der Waals surface area contributed by atoms with Crippen molar-refractivity contribution in [2.24, 2.45) is 0 Å². The number of fused-ring (bicyclic) bond motifs is 1. The monoisotopic (exact) mass is 247 g/mol. The summed E-state index contributed by atoms with van der Waals surface area (Å²) >= 11 is 0. The van der Waals surface area contributed by atoms with E-state index in [1.165, 1.54) is 0 Å². The van der Waals surface area contributed by atoms with Crippen molar-refractivity contribution in [1.82, 2.24) is 9.88 Å². The van der Waals surface area contributed by atoms with Crippen LogP contribution in [0.2, 0.25) is 0 Å². The molecule has 18 heavy (non-hydrogen) atoms. The molecule has 0 saturated heterocycles. The van der Waals surface area contributed by atoms with Crippen molar-refractivity contribution >= 4 is 22.5 Å². The predicted molar refractivity (Wildman–Crippen MR) is 71.4 cm³/mol. The van der Waals surface area contributed by atoms with E-state index in [-0.39, 0.29) is 12.5 Å². The molecule has 0 unspecified atom stereocenters. The number of nitrogens with one attached hydrogen (secondary N) is 1. The standard InChI is InChI=1S/C13H17N3O2/c1-2-16(5-6-17)13(18)11-8-15-12-7-9(14)3-4-10(11)12/h3-4,7-8,15,17H,2,5-6,14H2,1H3. The highest BCUT2D eigenvalue weighted by Crippen LogP contribution is 2.21. The molecule has 2 rings (SSSR count). The molecule has 0 atom stereocenters. The molecular formula is C13H17N3O2. The number of aromatic nitrogens is 1. The van der Waals surface area contributed by atoms with Crippen LogP contribution in [-0.2, 0) is 0 Å². The Morgan fingerprint density at radius 2 is 2.28 bits per heavy atom. The molecule has 1 aromatic carbocycles. The van der Waals surface area contributed by atoms with Gasteiger partial charge in [-0.3, -0.25) is 4.79 Å². The van der Waals surface area contributed by atoms with E-state index in [2.05, 4.69) is 4.98 Å². The van der Waals surface area contributed by atoms with Gasteiger partial charge in [0.1, 0.15) is 0 Å². The number of H-pyrrole nitrogens is 1. The van der Waals surface area contributed by atoms with Gasteiger partial charge in [0, 0.05) is 35.9 Å². The van der Waals surface area contributed by atoms with Crippen LogP contribution in [0, 0.1) is 0 Å². The number of aliphatic hydroxyl groups excluding tert-OH is 1. The van der Waals surface area contributed by atoms with Crippen LogP contribution in [0.1, 0.15) is 17.3 Å². The Bertz CT molecular complexity index is 562. The number of carbonyl (C=O) groups excluding carboxylic acids is 1. The number of nitrogens with two attached hydrogens (primary N) is 1. The number of benzene rings is 1. The van der Waals surface area contributed by atoms with Gasteiger partial charge >= 0.3 is 0 Å². The number of likely N-dealkylation sites (N-methyl/N-ethyl adjacent to an activating group) is 1. The average Bonchev–Trinajstić information content (AvgIpc) is 2.77. The van der Waals surface area contributed by atoms with Crippen molar-refractivity contribution in [3.05, 3.63) is 30.0 Å². The molecule has 2 aromatic rings. The van der Waals surface area contributed by atoms with Crippen molar-refractivity contribution in [3.8, 4) is 0 Å². The summed E-state index contributed by atoms with van der Waals surface area (Å²) in [5.41, 5.74) is 7.81. The van der Waals surface area contributed by atoms with Crippen LogP contribution in [0.3, 0.4) is 0 Å². The lowest BCUT2D eigenvalue weighted by Gasteiger charge is -2.19. The first-order chi connectivity index (χ1) is 8.67. The van der Waals surface area contributed by atoms with Gasteiger partial charge in [0.25, 0.3) is 5.91 Å². The Morgan fingerprint density at radius 3 is 2.94 bits per heavy atom. The third kappa shape index (κ3) is 2.17. The summed E-state index contributed by atoms with van der Waals surface area (Å²) in [7, 11) is 0. The normalized spacial score (nSPS) is 10.8. The summed E-state index contributed by atoms with van der Waals surface area (Å²) in [5, 5.41) is 9.80. The Hall–Kier alpha value is -2.01. The molecule has 0 spiro atoms. The maximum atomic E-state index is 12.3. The maximum Gasteiger partial charge on any atom is 0.256 e. The molecule has 0 saturated carbocycles. The van der Waals surface area contributed by atoms with E-state index in [0.29, 0.717) is 24.3 Å². The SMILES string of the molecule is CCN(CCO)C(=O)c1c[nH]c2cc(N)ccc12. The maximum absolute atomic E-state index is 12.3. The zero-order chi connectivity index (χ0) is 13.1. The van der Waals surface area contributed by atoms with Crippen LogP contribution in [0.4, 0.5) is 5.69 Å². The van der Waals surface area contributed by atoms with Crippen molar-refractivity contribution in [2.75, 3.05) is 25.4 Å². The van der Waals surface area contributed by atoms with Crippen LogP contribution in [0.5, 0.6) is 0 Å². The molecule has 0 aliphatic carbocycles. The van der Waals surface area contributed by atoms with Crippen molar-refractivity contribution in [3.63, 3.8) is 0 Å². The number of hydrogen-bond acceptors (Lipinski definition) is 3. The topological polar surface area (TPSA) is 82.3 Å². The second-order valence-corrected chi connectivity index (χ2v) is 4.12. The molecular weight excluding hydrogens is 230 g/mol. The highest BCUT2D eigenvalue weighted by atomic mass is 16.3. The van der Waals surface area contributed by atoms with Gasteiger partial charge in [-0.05, 0) is 25.1 Å². The number of hydrogen-bond donors (Lipinski definition) is 3. The Morgan fingerprint density at radius 1 is 1.50 bits per heavy atom. The highest BCUT2D eigenvalue weighted by molar-refractivity contribution is 6.07. The first-order valence-corrected chi connectivity index (χ1v) is 5.94. The van der Waals surface area contributed by atoms with E-state index in [1.54, 1.807) is 23.2 Å². The van der Waals surface area contributed by atoms with Crippen LogP contribution >= 0.6 is 0 Å². The molecule has 1 heterocycles. The molecule has 4 N–H and O–H groups in total. The van der Waals surface area contributed by atoms with Crippen LogP contribution < -0.4 is 5.73 Å². The Balaban J connectivity index is 2.38. The summed E-state index contributed by atoms with van der Waals surface area (Å²) in [5.74, 6) is -0.0810. The zero-order valence-electron chi connectivity index (χ0n) is 10.3. The molecule has 0 bridgehead atoms. The summed E-state index contributed by atoms with van der Waals surface area (Å²) < 4.78 is 0. The first-order valence-electron chi connectivity index (χ1n) is 5.94. The van der Waals surface area contributed by atoms with E-state index in [9.17, 15) is 4.79 Å². The van der Waals surface area contributed by atoms with E-state index >= 15 is 0 Å². The predicted octanol–water partition coefficient (Wildman–Crippen LogP) is 1.20. The molecule has 5 nitrogen and oxygen atoms in total. The average molecular weight is 247 g/mol. The molecule has 0 aliphatic heterocycles. The zero-order valence-corrected chi connectivity index (χ0v) is 10.3. The number of aliphatic hydroxyl groups is 1. The van der Waals surface area contributed by atoms with E-state index in [1.807, 2.05) is 13.0 Å². The number of carbonyl (C=O) groups is 1. The second kappa shape index (κ2) is 5.10. The number of amides is 1. The fraction of sp³-hybridized carbons (Fsp3) is 0.308. The molecule has 5 heteroatoms. The van der Waals surface area contributed by atoms with Crippen molar-refractivity contribution in [1.29, 1.82) is 0 Å². The molecule has 0 radical (unpaired) electrons. The molecule has 1 amide bonds. The lowest BCUT2D eigenvalue weighted by Crippen LogP contribution is -2.33. The lowest BCUT2D eigenvalue weighted by molar-refractivity contribution is 0.0734. The number of nitrogens with zero attached hydrogens (tertiary/aromatic N) is 1. The van der Waals surface area contributed by atoms with Gasteiger partial charge < -0.3 is 20.7 Å². The third-order valence-electron chi connectivity index (χ3n) is 2.98. The number of rotatable bonds is 4. The first kappa shape index (κ1) is 12.4. The molecule has 0 fully saturated rings. The molecule has 1 aromatic heterocycles. The third-order valence-corrected chi connectivity index (χ3v) is 2.98. The smallest absolute Gasteiger partial charge is 0.256 e. The van der Waals surface area contributed by atoms with Crippen LogP contribution in [0.25, 0.3) is 10.9 Å². The number of aromatic amines is 1. The van der Waals surface area contributed by atoms with Crippen LogP contribution in [-0.4, -0.2) is 40.6 Å². The van der Waals surface area contributed by atoms with E-state index < -0.39 is 0 Å². The van der Waals surface area contributed by atoms with E-state index in [4.69, 9.17) is 10.8 Å². The minimum Gasteiger partial charge on any atom is -0.399 e. The van der Waals surface area contributed by atoms with E-state index in [0.717, 1.165) is 10.9 Å². The quantitative estimate of drug-likeness (QED) is 0.710. The summed E-state index contributed by atoms with van der Waals surface area (Å²) in [4.78, 5) is 16.9. The minimum absolute atomic E-state index is 0.0329. The fourth-order valence-electron chi connectivity index (χ4n) is 2.02. The largest absolute Gasteiger partial charge is 0.399 e. The lowest BCUT2D eigenvalue weighted by atomic mass is 10.1. The van der Waals surface area contributed by atoms with Gasteiger partial charge in [0.2, 0.25) is 0 Å². The fourth-order valence-corrected chi connectivity index (χ4v) is 2.02. The van der Waals surface area contributed by atoms with Crippen molar-refractivity contribution < 1.29 is 9.90 Å². The number of anilines is 1. The van der Waals surface area contributed by atoms with Gasteiger partial charge in [-0.1, -0.05) is 0 Å². The van der Waals surface area contributed by atoms with Gasteiger partial charge in [-0.2, -0.15) is 0 Å². The van der Waals surface area contributed by atoms with Crippen LogP contribution in [0.15, 0.2) is 24.4 Å². The minimum atomic E-state index is -0.0810.